The molecule has 0 spiro atoms. The Bertz CT molecular complexity index is 793. The lowest BCUT2D eigenvalue weighted by Crippen LogP contribution is -2.13. The summed E-state index contributed by atoms with van der Waals surface area (Å²) in [6.07, 6.45) is 0. The smallest absolute Gasteiger partial charge is 0.261 e. The first-order chi connectivity index (χ1) is 10.0. The third kappa shape index (κ3) is 3.99. The predicted molar refractivity (Wildman–Crippen MR) is 82.7 cm³/mol. The SMILES string of the molecule is O=S(=O)(Nc1ccc(Cl)cc1C#CCO)c1ccccc1. The van der Waals surface area contributed by atoms with E-state index in [9.17, 15) is 8.42 Å². The lowest BCUT2D eigenvalue weighted by atomic mass is 10.2. The van der Waals surface area contributed by atoms with Crippen LogP contribution in [0.2, 0.25) is 5.02 Å². The number of hydrogen-bond acceptors (Lipinski definition) is 3. The van der Waals surface area contributed by atoms with Crippen molar-refractivity contribution in [2.45, 2.75) is 4.90 Å². The minimum Gasteiger partial charge on any atom is -0.384 e. The van der Waals surface area contributed by atoms with E-state index in [1.807, 2.05) is 0 Å². The molecule has 2 aromatic rings. The largest absolute Gasteiger partial charge is 0.384 e. The highest BCUT2D eigenvalue weighted by molar-refractivity contribution is 7.92. The van der Waals surface area contributed by atoms with Crippen molar-refractivity contribution in [3.05, 3.63) is 59.1 Å². The van der Waals surface area contributed by atoms with Crippen LogP contribution in [0.3, 0.4) is 0 Å². The van der Waals surface area contributed by atoms with Crippen molar-refractivity contribution in [1.82, 2.24) is 0 Å². The maximum Gasteiger partial charge on any atom is 0.261 e. The van der Waals surface area contributed by atoms with Crippen molar-refractivity contribution >= 4 is 27.3 Å². The molecule has 0 saturated carbocycles. The third-order valence-electron chi connectivity index (χ3n) is 2.58. The van der Waals surface area contributed by atoms with Crippen LogP contribution in [0, 0.1) is 11.8 Å². The van der Waals surface area contributed by atoms with Crippen molar-refractivity contribution in [3.8, 4) is 11.8 Å². The molecule has 0 aliphatic rings. The molecule has 2 N–H and O–H groups in total. The summed E-state index contributed by atoms with van der Waals surface area (Å²) in [4.78, 5) is 0.154. The molecular formula is C15H12ClNO3S. The summed E-state index contributed by atoms with van der Waals surface area (Å²) < 4.78 is 27.0. The van der Waals surface area contributed by atoms with E-state index >= 15 is 0 Å². The first kappa shape index (κ1) is 15.4. The minimum absolute atomic E-state index is 0.154. The van der Waals surface area contributed by atoms with Gasteiger partial charge in [-0.25, -0.2) is 8.42 Å². The Morgan fingerprint density at radius 1 is 1.14 bits per heavy atom. The monoisotopic (exact) mass is 321 g/mol. The van der Waals surface area contributed by atoms with Crippen LogP contribution in [0.25, 0.3) is 0 Å². The van der Waals surface area contributed by atoms with E-state index in [-0.39, 0.29) is 11.5 Å². The molecule has 4 nitrogen and oxygen atoms in total. The summed E-state index contributed by atoms with van der Waals surface area (Å²) in [5, 5.41) is 9.18. The zero-order valence-corrected chi connectivity index (χ0v) is 12.4. The number of rotatable bonds is 3. The number of anilines is 1. The molecule has 2 rings (SSSR count). The van der Waals surface area contributed by atoms with Gasteiger partial charge in [0.2, 0.25) is 0 Å². The molecule has 0 aromatic heterocycles. The average Bonchev–Trinajstić information content (AvgIpc) is 2.48. The van der Waals surface area contributed by atoms with Crippen LogP contribution in [-0.2, 0) is 10.0 Å². The summed E-state index contributed by atoms with van der Waals surface area (Å²) in [7, 11) is -3.70. The second-order valence-corrected chi connectivity index (χ2v) is 6.19. The van der Waals surface area contributed by atoms with E-state index in [0.29, 0.717) is 16.3 Å². The molecule has 0 radical (unpaired) electrons. The summed E-state index contributed by atoms with van der Waals surface area (Å²) in [5.74, 6) is 5.14. The van der Waals surface area contributed by atoms with Gasteiger partial charge in [-0.15, -0.1) is 0 Å². The number of nitrogens with one attached hydrogen (secondary N) is 1. The standard InChI is InChI=1S/C15H12ClNO3S/c16-13-8-9-15(12(11-13)5-4-10-18)17-21(19,20)14-6-2-1-3-7-14/h1-3,6-9,11,17-18H,10H2. The van der Waals surface area contributed by atoms with E-state index in [1.165, 1.54) is 24.3 Å². The Labute approximate surface area is 128 Å². The maximum absolute atomic E-state index is 12.3. The first-order valence-electron chi connectivity index (χ1n) is 6.00. The second kappa shape index (κ2) is 6.64. The van der Waals surface area contributed by atoms with Gasteiger partial charge < -0.3 is 5.11 Å². The molecule has 0 heterocycles. The highest BCUT2D eigenvalue weighted by atomic mass is 35.5. The van der Waals surface area contributed by atoms with Crippen LogP contribution >= 0.6 is 11.6 Å². The van der Waals surface area contributed by atoms with Crippen molar-refractivity contribution < 1.29 is 13.5 Å². The highest BCUT2D eigenvalue weighted by Crippen LogP contribution is 2.23. The lowest BCUT2D eigenvalue weighted by Gasteiger charge is -2.10. The van der Waals surface area contributed by atoms with Gasteiger partial charge >= 0.3 is 0 Å². The van der Waals surface area contributed by atoms with E-state index < -0.39 is 10.0 Å². The van der Waals surface area contributed by atoms with Crippen molar-refractivity contribution in [2.75, 3.05) is 11.3 Å². The molecule has 2 aromatic carbocycles. The van der Waals surface area contributed by atoms with Crippen molar-refractivity contribution in [3.63, 3.8) is 0 Å². The zero-order valence-electron chi connectivity index (χ0n) is 10.9. The Morgan fingerprint density at radius 2 is 1.86 bits per heavy atom. The van der Waals surface area contributed by atoms with Crippen LogP contribution in [0.5, 0.6) is 0 Å². The van der Waals surface area contributed by atoms with Gasteiger partial charge in [-0.2, -0.15) is 0 Å². The van der Waals surface area contributed by atoms with Gasteiger partial charge in [-0.1, -0.05) is 41.6 Å². The zero-order chi connectivity index (χ0) is 15.3. The quantitative estimate of drug-likeness (QED) is 0.854. The molecule has 0 aliphatic heterocycles. The van der Waals surface area contributed by atoms with E-state index in [0.717, 1.165) is 0 Å². The van der Waals surface area contributed by atoms with Gasteiger partial charge in [0.1, 0.15) is 6.61 Å². The van der Waals surface area contributed by atoms with Gasteiger partial charge in [0.15, 0.2) is 0 Å². The molecule has 0 atom stereocenters. The number of aliphatic hydroxyl groups is 1. The van der Waals surface area contributed by atoms with Gasteiger partial charge in [-0.3, -0.25) is 4.72 Å². The number of aliphatic hydroxyl groups excluding tert-OH is 1. The summed E-state index contributed by atoms with van der Waals surface area (Å²) in [6, 6.07) is 12.6. The van der Waals surface area contributed by atoms with Crippen LogP contribution in [0.1, 0.15) is 5.56 Å². The maximum atomic E-state index is 12.3. The molecule has 0 unspecified atom stereocenters. The molecule has 0 aliphatic carbocycles. The third-order valence-corrected chi connectivity index (χ3v) is 4.20. The molecule has 21 heavy (non-hydrogen) atoms. The summed E-state index contributed by atoms with van der Waals surface area (Å²) in [6.45, 7) is -0.322. The molecular weight excluding hydrogens is 310 g/mol. The lowest BCUT2D eigenvalue weighted by molar-refractivity contribution is 0.350. The number of hydrogen-bond donors (Lipinski definition) is 2. The Balaban J connectivity index is 2.40. The van der Waals surface area contributed by atoms with Crippen LogP contribution in [0.4, 0.5) is 5.69 Å². The first-order valence-corrected chi connectivity index (χ1v) is 7.86. The highest BCUT2D eigenvalue weighted by Gasteiger charge is 2.15. The molecule has 6 heteroatoms. The molecule has 0 bridgehead atoms. The van der Waals surface area contributed by atoms with Crippen LogP contribution < -0.4 is 4.72 Å². The Kier molecular flexibility index (Phi) is 4.86. The number of benzene rings is 2. The Morgan fingerprint density at radius 3 is 2.52 bits per heavy atom. The molecule has 0 fully saturated rings. The topological polar surface area (TPSA) is 66.4 Å². The van der Waals surface area contributed by atoms with Crippen molar-refractivity contribution in [1.29, 1.82) is 0 Å². The van der Waals surface area contributed by atoms with Gasteiger partial charge in [0.05, 0.1) is 16.1 Å². The number of halogens is 1. The summed E-state index contributed by atoms with van der Waals surface area (Å²) >= 11 is 5.88. The van der Waals surface area contributed by atoms with Gasteiger partial charge in [-0.05, 0) is 30.3 Å². The summed E-state index contributed by atoms with van der Waals surface area (Å²) in [5.41, 5.74) is 0.709. The number of sulfonamides is 1. The predicted octanol–water partition coefficient (Wildman–Crippen LogP) is 2.48. The fourth-order valence-corrected chi connectivity index (χ4v) is 2.92. The molecule has 108 valence electrons. The second-order valence-electron chi connectivity index (χ2n) is 4.07. The Hall–Kier alpha value is -2.00. The van der Waals surface area contributed by atoms with E-state index in [1.54, 1.807) is 24.3 Å². The van der Waals surface area contributed by atoms with Gasteiger partial charge in [0.25, 0.3) is 10.0 Å². The van der Waals surface area contributed by atoms with Gasteiger partial charge in [0, 0.05) is 5.02 Å². The van der Waals surface area contributed by atoms with Crippen LogP contribution in [-0.4, -0.2) is 20.1 Å². The fourth-order valence-electron chi connectivity index (χ4n) is 1.65. The average molecular weight is 322 g/mol. The van der Waals surface area contributed by atoms with E-state index in [2.05, 4.69) is 16.6 Å². The normalized spacial score (nSPS) is 10.6. The van der Waals surface area contributed by atoms with E-state index in [4.69, 9.17) is 16.7 Å². The molecule has 0 saturated heterocycles. The minimum atomic E-state index is -3.70. The molecule has 0 amide bonds. The van der Waals surface area contributed by atoms with Crippen molar-refractivity contribution in [2.24, 2.45) is 0 Å². The van der Waals surface area contributed by atoms with Crippen LogP contribution in [0.15, 0.2) is 53.4 Å². The fraction of sp³-hybridized carbons (Fsp3) is 0.0667.